The lowest BCUT2D eigenvalue weighted by Gasteiger charge is -2.38. The first-order valence-electron chi connectivity index (χ1n) is 14.9. The van der Waals surface area contributed by atoms with Crippen molar-refractivity contribution >= 4 is 26.2 Å². The van der Waals surface area contributed by atoms with E-state index in [4.69, 9.17) is 9.16 Å². The summed E-state index contributed by atoms with van der Waals surface area (Å²) in [4.78, 5) is 43.8. The molecule has 10 heteroatoms. The number of aliphatic carboxylic acids is 1. The number of urea groups is 1. The van der Waals surface area contributed by atoms with E-state index in [1.807, 2.05) is 41.3 Å². The first-order chi connectivity index (χ1) is 19.3. The third kappa shape index (κ3) is 6.97. The Kier molecular flexibility index (Phi) is 9.23. The molecule has 41 heavy (non-hydrogen) atoms. The van der Waals surface area contributed by atoms with Crippen molar-refractivity contribution in [1.29, 1.82) is 0 Å². The molecule has 0 aromatic heterocycles. The standard InChI is InChI=1S/C31H47N3O6Si/c1-30(2,3)41(5,6)40-25-18-26-27(35)32-31(28(36)37)19-23(31)12-10-8-7-9-11-17-33(29(38)34(26)21-25)20-22-13-15-24(39-4)16-14-22/h10,12-16,23,25-26H,7-9,11,17-21H2,1-6H3,(H,32,35)(H,36,37)/t23-,25-,26+,31-/m1/s1. The van der Waals surface area contributed by atoms with Crippen molar-refractivity contribution in [2.45, 2.75) is 102 Å². The number of allylic oxidation sites excluding steroid dienone is 1. The summed E-state index contributed by atoms with van der Waals surface area (Å²) in [5.41, 5.74) is -0.344. The summed E-state index contributed by atoms with van der Waals surface area (Å²) in [6.07, 6.45) is 7.96. The smallest absolute Gasteiger partial charge is 0.330 e. The summed E-state index contributed by atoms with van der Waals surface area (Å²) in [6, 6.07) is 6.65. The molecule has 1 aliphatic carbocycles. The van der Waals surface area contributed by atoms with E-state index in [0.717, 1.165) is 37.0 Å². The van der Waals surface area contributed by atoms with Crippen molar-refractivity contribution in [1.82, 2.24) is 15.1 Å². The van der Waals surface area contributed by atoms with Gasteiger partial charge in [0.25, 0.3) is 0 Å². The molecule has 2 fully saturated rings. The molecule has 226 valence electrons. The van der Waals surface area contributed by atoms with Gasteiger partial charge in [-0.2, -0.15) is 0 Å². The SMILES string of the molecule is COc1ccc(CN2CCCCCC=C[C@@H]3C[C@@]3(C(=O)O)NC(=O)[C@@H]3C[C@@H](O[Si](C)(C)C(C)(C)C)CN3C2=O)cc1. The molecule has 1 aromatic carbocycles. The van der Waals surface area contributed by atoms with E-state index in [1.54, 1.807) is 12.0 Å². The van der Waals surface area contributed by atoms with Gasteiger partial charge >= 0.3 is 12.0 Å². The minimum atomic E-state index is -2.18. The van der Waals surface area contributed by atoms with Gasteiger partial charge in [-0.25, -0.2) is 9.59 Å². The molecule has 0 bridgehead atoms. The molecule has 2 aliphatic heterocycles. The first kappa shape index (κ1) is 31.1. The second-order valence-electron chi connectivity index (χ2n) is 13.3. The van der Waals surface area contributed by atoms with E-state index in [0.29, 0.717) is 32.5 Å². The Labute approximate surface area is 245 Å². The van der Waals surface area contributed by atoms with Crippen LogP contribution < -0.4 is 10.1 Å². The molecule has 4 atom stereocenters. The number of amides is 3. The highest BCUT2D eigenvalue weighted by Crippen LogP contribution is 2.46. The molecule has 1 saturated carbocycles. The second-order valence-corrected chi connectivity index (χ2v) is 18.1. The summed E-state index contributed by atoms with van der Waals surface area (Å²) in [5.74, 6) is -0.948. The minimum absolute atomic E-state index is 0.0305. The van der Waals surface area contributed by atoms with Gasteiger partial charge in [0.2, 0.25) is 5.91 Å². The number of hydrogen-bond acceptors (Lipinski definition) is 5. The van der Waals surface area contributed by atoms with Crippen LogP contribution in [0.2, 0.25) is 18.1 Å². The Morgan fingerprint density at radius 2 is 1.85 bits per heavy atom. The molecule has 3 amide bonds. The van der Waals surface area contributed by atoms with Gasteiger partial charge in [-0.3, -0.25) is 4.79 Å². The number of ether oxygens (including phenoxy) is 1. The zero-order valence-electron chi connectivity index (χ0n) is 25.4. The summed E-state index contributed by atoms with van der Waals surface area (Å²) < 4.78 is 12.0. The highest BCUT2D eigenvalue weighted by atomic mass is 28.4. The van der Waals surface area contributed by atoms with E-state index < -0.39 is 31.8 Å². The van der Waals surface area contributed by atoms with E-state index >= 15 is 0 Å². The number of carboxylic acid groups (broad SMARTS) is 1. The topological polar surface area (TPSA) is 108 Å². The molecular formula is C31H47N3O6Si. The fourth-order valence-electron chi connectivity index (χ4n) is 5.58. The minimum Gasteiger partial charge on any atom is -0.497 e. The monoisotopic (exact) mass is 585 g/mol. The molecule has 0 unspecified atom stereocenters. The quantitative estimate of drug-likeness (QED) is 0.352. The Hall–Kier alpha value is -2.85. The van der Waals surface area contributed by atoms with Crippen LogP contribution in [0.1, 0.15) is 64.9 Å². The van der Waals surface area contributed by atoms with E-state index in [2.05, 4.69) is 39.2 Å². The summed E-state index contributed by atoms with van der Waals surface area (Å²) >= 11 is 0. The molecule has 3 aliphatic rings. The number of carbonyl (C=O) groups is 3. The van der Waals surface area contributed by atoms with E-state index in [9.17, 15) is 19.5 Å². The van der Waals surface area contributed by atoms with Gasteiger partial charge in [-0.15, -0.1) is 0 Å². The molecule has 1 saturated heterocycles. The van der Waals surface area contributed by atoms with Gasteiger partial charge < -0.3 is 29.4 Å². The summed E-state index contributed by atoms with van der Waals surface area (Å²) in [5, 5.41) is 12.9. The number of nitrogens with one attached hydrogen (secondary N) is 1. The fraction of sp³-hybridized carbons (Fsp3) is 0.645. The average molecular weight is 586 g/mol. The highest BCUT2D eigenvalue weighted by molar-refractivity contribution is 6.74. The third-order valence-electron chi connectivity index (χ3n) is 9.29. The molecule has 2 heterocycles. The van der Waals surface area contributed by atoms with Crippen LogP contribution >= 0.6 is 0 Å². The Bertz CT molecular complexity index is 1150. The number of nitrogens with zero attached hydrogens (tertiary/aromatic N) is 2. The maximum Gasteiger partial charge on any atom is 0.330 e. The fourth-order valence-corrected chi connectivity index (χ4v) is 6.94. The largest absolute Gasteiger partial charge is 0.497 e. The molecular weight excluding hydrogens is 538 g/mol. The van der Waals surface area contributed by atoms with Crippen LogP contribution in [0.3, 0.4) is 0 Å². The lowest BCUT2D eigenvalue weighted by Crippen LogP contribution is -2.55. The normalized spacial score (nSPS) is 27.8. The molecule has 2 N–H and O–H groups in total. The number of benzene rings is 1. The van der Waals surface area contributed by atoms with Crippen LogP contribution in [0.15, 0.2) is 36.4 Å². The lowest BCUT2D eigenvalue weighted by molar-refractivity contribution is -0.144. The summed E-state index contributed by atoms with van der Waals surface area (Å²) in [6.45, 7) is 12.1. The van der Waals surface area contributed by atoms with Gasteiger partial charge in [0.1, 0.15) is 17.3 Å². The van der Waals surface area contributed by atoms with Crippen molar-refractivity contribution in [3.63, 3.8) is 0 Å². The molecule has 4 rings (SSSR count). The van der Waals surface area contributed by atoms with Gasteiger partial charge in [0.05, 0.1) is 13.2 Å². The van der Waals surface area contributed by atoms with Gasteiger partial charge in [-0.1, -0.05) is 51.5 Å². The van der Waals surface area contributed by atoms with Gasteiger partial charge in [-0.05, 0) is 61.5 Å². The Balaban J connectivity index is 1.64. The van der Waals surface area contributed by atoms with Crippen molar-refractivity contribution in [3.05, 3.63) is 42.0 Å². The van der Waals surface area contributed by atoms with Crippen LogP contribution in [-0.4, -0.2) is 79.0 Å². The predicted molar refractivity (Wildman–Crippen MR) is 160 cm³/mol. The Morgan fingerprint density at radius 3 is 2.49 bits per heavy atom. The van der Waals surface area contributed by atoms with Crippen molar-refractivity contribution in [2.24, 2.45) is 5.92 Å². The number of carbonyl (C=O) groups excluding carboxylic acids is 2. The molecule has 1 aromatic rings. The highest BCUT2D eigenvalue weighted by Gasteiger charge is 2.61. The van der Waals surface area contributed by atoms with Crippen molar-refractivity contribution in [3.8, 4) is 5.75 Å². The number of hydrogen-bond donors (Lipinski definition) is 2. The predicted octanol–water partition coefficient (Wildman–Crippen LogP) is 5.17. The number of fused-ring (bicyclic) bond motifs is 2. The number of rotatable bonds is 6. The maximum absolute atomic E-state index is 14.2. The molecule has 9 nitrogen and oxygen atoms in total. The van der Waals surface area contributed by atoms with Crippen LogP contribution in [0, 0.1) is 5.92 Å². The van der Waals surface area contributed by atoms with Crippen molar-refractivity contribution < 1.29 is 28.7 Å². The van der Waals surface area contributed by atoms with Crippen LogP contribution in [0.25, 0.3) is 0 Å². The average Bonchev–Trinajstić information content (AvgIpc) is 3.44. The van der Waals surface area contributed by atoms with E-state index in [-0.39, 0.29) is 23.1 Å². The first-order valence-corrected chi connectivity index (χ1v) is 17.8. The summed E-state index contributed by atoms with van der Waals surface area (Å²) in [7, 11) is -0.560. The maximum atomic E-state index is 14.2. The molecule has 0 spiro atoms. The second kappa shape index (κ2) is 12.2. The van der Waals surface area contributed by atoms with Gasteiger partial charge in [0.15, 0.2) is 8.32 Å². The zero-order chi connectivity index (χ0) is 30.0. The van der Waals surface area contributed by atoms with Crippen LogP contribution in [0.4, 0.5) is 4.79 Å². The van der Waals surface area contributed by atoms with Gasteiger partial charge in [0, 0.05) is 32.0 Å². The van der Waals surface area contributed by atoms with Crippen molar-refractivity contribution in [2.75, 3.05) is 20.2 Å². The number of methoxy groups -OCH3 is 1. The van der Waals surface area contributed by atoms with E-state index in [1.165, 1.54) is 0 Å². The van der Waals surface area contributed by atoms with Crippen LogP contribution in [-0.2, 0) is 20.6 Å². The third-order valence-corrected chi connectivity index (χ3v) is 13.8. The Morgan fingerprint density at radius 1 is 1.15 bits per heavy atom. The molecule has 0 radical (unpaired) electrons. The zero-order valence-corrected chi connectivity index (χ0v) is 26.4. The number of carboxylic acids is 1. The van der Waals surface area contributed by atoms with Crippen LogP contribution in [0.5, 0.6) is 5.75 Å². The lowest BCUT2D eigenvalue weighted by atomic mass is 10.1.